The summed E-state index contributed by atoms with van der Waals surface area (Å²) in [7, 11) is 1.78. The zero-order chi connectivity index (χ0) is 17.8. The number of aliphatic imine (C=N–C) groups is 1. The van der Waals surface area contributed by atoms with Crippen LogP contribution in [0.2, 0.25) is 0 Å². The second-order valence-corrected chi connectivity index (χ2v) is 6.98. The van der Waals surface area contributed by atoms with E-state index in [4.69, 9.17) is 9.73 Å². The summed E-state index contributed by atoms with van der Waals surface area (Å²) in [6.45, 7) is 10.9. The molecule has 0 bridgehead atoms. The Kier molecular flexibility index (Phi) is 5.63. The maximum atomic E-state index is 5.31. The minimum absolute atomic E-state index is 0.607. The second-order valence-electron chi connectivity index (χ2n) is 6.98. The largest absolute Gasteiger partial charge is 0.384 e. The van der Waals surface area contributed by atoms with Crippen molar-refractivity contribution in [3.05, 3.63) is 35.0 Å². The summed E-state index contributed by atoms with van der Waals surface area (Å²) in [6.07, 6.45) is 1.17. The number of H-pyrrole nitrogens is 1. The Hall–Kier alpha value is -2.01. The molecule has 0 radical (unpaired) electrons. The van der Waals surface area contributed by atoms with Gasteiger partial charge in [-0.25, -0.2) is 4.99 Å². The van der Waals surface area contributed by atoms with E-state index in [1.165, 1.54) is 34.1 Å². The number of ether oxygens (including phenoxy) is 1. The van der Waals surface area contributed by atoms with Gasteiger partial charge < -0.3 is 19.9 Å². The molecule has 5 nitrogen and oxygen atoms in total. The van der Waals surface area contributed by atoms with Crippen LogP contribution in [-0.4, -0.2) is 49.2 Å². The zero-order valence-corrected chi connectivity index (χ0v) is 15.9. The molecule has 1 aromatic carbocycles. The standard InChI is InChI=1S/C20H30N4O/c1-5-21-20(24-9-8-17(12-24)13-25-4)22-11-16-6-7-19-18(10-16)14(2)15(3)23-19/h6-7,10,17,23H,5,8-9,11-13H2,1-4H3,(H,21,22). The first kappa shape index (κ1) is 17.8. The van der Waals surface area contributed by atoms with E-state index in [1.54, 1.807) is 7.11 Å². The van der Waals surface area contributed by atoms with Crippen LogP contribution in [-0.2, 0) is 11.3 Å². The van der Waals surface area contributed by atoms with Crippen LogP contribution >= 0.6 is 0 Å². The fourth-order valence-electron chi connectivity index (χ4n) is 3.60. The number of aromatic amines is 1. The molecule has 0 amide bonds. The van der Waals surface area contributed by atoms with Crippen molar-refractivity contribution >= 4 is 16.9 Å². The lowest BCUT2D eigenvalue weighted by Gasteiger charge is -2.21. The third-order valence-corrected chi connectivity index (χ3v) is 5.11. The first-order valence-electron chi connectivity index (χ1n) is 9.22. The van der Waals surface area contributed by atoms with Crippen molar-refractivity contribution < 1.29 is 4.74 Å². The minimum Gasteiger partial charge on any atom is -0.384 e. The van der Waals surface area contributed by atoms with Gasteiger partial charge in [-0.05, 0) is 50.5 Å². The molecule has 1 saturated heterocycles. The number of aromatic nitrogens is 1. The third kappa shape index (κ3) is 3.98. The Morgan fingerprint density at radius 2 is 2.24 bits per heavy atom. The molecule has 1 aliphatic heterocycles. The van der Waals surface area contributed by atoms with E-state index in [0.29, 0.717) is 12.5 Å². The highest BCUT2D eigenvalue weighted by atomic mass is 16.5. The van der Waals surface area contributed by atoms with Crippen LogP contribution in [0, 0.1) is 19.8 Å². The normalized spacial score (nSPS) is 18.3. The third-order valence-electron chi connectivity index (χ3n) is 5.11. The van der Waals surface area contributed by atoms with Crippen LogP contribution in [0.3, 0.4) is 0 Å². The average Bonchev–Trinajstić information content (AvgIpc) is 3.17. The van der Waals surface area contributed by atoms with Crippen molar-refractivity contribution in [2.45, 2.75) is 33.7 Å². The van der Waals surface area contributed by atoms with Gasteiger partial charge in [0.05, 0.1) is 13.2 Å². The number of hydrogen-bond acceptors (Lipinski definition) is 2. The van der Waals surface area contributed by atoms with Crippen molar-refractivity contribution in [1.82, 2.24) is 15.2 Å². The molecule has 1 unspecified atom stereocenters. The Balaban J connectivity index is 1.74. The number of nitrogens with one attached hydrogen (secondary N) is 2. The smallest absolute Gasteiger partial charge is 0.194 e. The highest BCUT2D eigenvalue weighted by Crippen LogP contribution is 2.23. The van der Waals surface area contributed by atoms with Crippen molar-refractivity contribution in [1.29, 1.82) is 0 Å². The number of likely N-dealkylation sites (tertiary alicyclic amines) is 1. The van der Waals surface area contributed by atoms with E-state index < -0.39 is 0 Å². The number of methoxy groups -OCH3 is 1. The highest BCUT2D eigenvalue weighted by molar-refractivity contribution is 5.85. The number of fused-ring (bicyclic) bond motifs is 1. The lowest BCUT2D eigenvalue weighted by molar-refractivity contribution is 0.157. The SMILES string of the molecule is CCNC(=NCc1ccc2[nH]c(C)c(C)c2c1)N1CCC(COC)C1. The molecule has 25 heavy (non-hydrogen) atoms. The number of nitrogens with zero attached hydrogens (tertiary/aromatic N) is 2. The van der Waals surface area contributed by atoms with Gasteiger partial charge in [-0.1, -0.05) is 6.07 Å². The van der Waals surface area contributed by atoms with E-state index in [1.807, 2.05) is 0 Å². The first-order chi connectivity index (χ1) is 12.1. The summed E-state index contributed by atoms with van der Waals surface area (Å²) in [4.78, 5) is 10.7. The Bertz CT molecular complexity index is 749. The summed E-state index contributed by atoms with van der Waals surface area (Å²) in [5.74, 6) is 1.62. The number of hydrogen-bond donors (Lipinski definition) is 2. The fraction of sp³-hybridized carbons (Fsp3) is 0.550. The number of guanidine groups is 1. The first-order valence-corrected chi connectivity index (χ1v) is 9.22. The summed E-state index contributed by atoms with van der Waals surface area (Å²) >= 11 is 0. The Morgan fingerprint density at radius 3 is 3.00 bits per heavy atom. The van der Waals surface area contributed by atoms with Crippen molar-refractivity contribution in [3.63, 3.8) is 0 Å². The van der Waals surface area contributed by atoms with Crippen LogP contribution in [0.4, 0.5) is 0 Å². The monoisotopic (exact) mass is 342 g/mol. The summed E-state index contributed by atoms with van der Waals surface area (Å²) < 4.78 is 5.31. The summed E-state index contributed by atoms with van der Waals surface area (Å²) in [5.41, 5.74) is 5.02. The van der Waals surface area contributed by atoms with E-state index in [2.05, 4.69) is 54.2 Å². The van der Waals surface area contributed by atoms with Crippen LogP contribution < -0.4 is 5.32 Å². The van der Waals surface area contributed by atoms with Crippen LogP contribution in [0.25, 0.3) is 10.9 Å². The van der Waals surface area contributed by atoms with E-state index >= 15 is 0 Å². The second kappa shape index (κ2) is 7.91. The molecular formula is C20H30N4O. The van der Waals surface area contributed by atoms with E-state index in [-0.39, 0.29) is 0 Å². The molecule has 1 aliphatic rings. The molecular weight excluding hydrogens is 312 g/mol. The molecule has 0 saturated carbocycles. The molecule has 136 valence electrons. The van der Waals surface area contributed by atoms with Gasteiger partial charge in [-0.15, -0.1) is 0 Å². The maximum Gasteiger partial charge on any atom is 0.194 e. The fourth-order valence-corrected chi connectivity index (χ4v) is 3.60. The van der Waals surface area contributed by atoms with E-state index in [0.717, 1.165) is 32.2 Å². The number of aryl methyl sites for hydroxylation is 2. The van der Waals surface area contributed by atoms with Crippen molar-refractivity contribution in [3.8, 4) is 0 Å². The minimum atomic E-state index is 0.607. The van der Waals surface area contributed by atoms with Gasteiger partial charge in [0.25, 0.3) is 0 Å². The van der Waals surface area contributed by atoms with Gasteiger partial charge in [-0.3, -0.25) is 0 Å². The lowest BCUT2D eigenvalue weighted by atomic mass is 10.1. The maximum absolute atomic E-state index is 5.31. The molecule has 0 spiro atoms. The number of rotatable bonds is 5. The molecule has 3 rings (SSSR count). The summed E-state index contributed by atoms with van der Waals surface area (Å²) in [6, 6.07) is 6.60. The molecule has 1 aromatic heterocycles. The highest BCUT2D eigenvalue weighted by Gasteiger charge is 2.24. The van der Waals surface area contributed by atoms with Crippen molar-refractivity contribution in [2.75, 3.05) is 33.4 Å². The topological polar surface area (TPSA) is 52.7 Å². The predicted molar refractivity (Wildman–Crippen MR) is 104 cm³/mol. The molecule has 2 N–H and O–H groups in total. The van der Waals surface area contributed by atoms with E-state index in [9.17, 15) is 0 Å². The van der Waals surface area contributed by atoms with Crippen LogP contribution in [0.5, 0.6) is 0 Å². The molecule has 1 atom stereocenters. The average molecular weight is 342 g/mol. The Morgan fingerprint density at radius 1 is 1.40 bits per heavy atom. The molecule has 1 fully saturated rings. The Labute approximate surface area is 150 Å². The van der Waals surface area contributed by atoms with Crippen LogP contribution in [0.15, 0.2) is 23.2 Å². The molecule has 2 aromatic rings. The lowest BCUT2D eigenvalue weighted by Crippen LogP contribution is -2.40. The van der Waals surface area contributed by atoms with Gasteiger partial charge >= 0.3 is 0 Å². The van der Waals surface area contributed by atoms with Gasteiger partial charge in [-0.2, -0.15) is 0 Å². The number of benzene rings is 1. The van der Waals surface area contributed by atoms with Gasteiger partial charge in [0, 0.05) is 49.3 Å². The van der Waals surface area contributed by atoms with Crippen LogP contribution in [0.1, 0.15) is 30.2 Å². The molecule has 2 heterocycles. The molecule has 5 heteroatoms. The van der Waals surface area contributed by atoms with Gasteiger partial charge in [0.1, 0.15) is 0 Å². The van der Waals surface area contributed by atoms with Gasteiger partial charge in [0.15, 0.2) is 5.96 Å². The zero-order valence-electron chi connectivity index (χ0n) is 15.9. The molecule has 0 aliphatic carbocycles. The quantitative estimate of drug-likeness (QED) is 0.648. The predicted octanol–water partition coefficient (Wildman–Crippen LogP) is 3.22. The van der Waals surface area contributed by atoms with Gasteiger partial charge in [0.2, 0.25) is 0 Å². The van der Waals surface area contributed by atoms with Crippen molar-refractivity contribution in [2.24, 2.45) is 10.9 Å². The summed E-state index contributed by atoms with van der Waals surface area (Å²) in [5, 5.41) is 4.74.